The number of nitrogens with zero attached hydrogens (tertiary/aromatic N) is 1. The van der Waals surface area contributed by atoms with Gasteiger partial charge in [0, 0.05) is 12.5 Å². The minimum absolute atomic E-state index is 0.0722. The fourth-order valence-corrected chi connectivity index (χ4v) is 1.09. The van der Waals surface area contributed by atoms with E-state index in [4.69, 9.17) is 5.21 Å². The molecule has 0 saturated carbocycles. The molecule has 0 saturated heterocycles. The summed E-state index contributed by atoms with van der Waals surface area (Å²) >= 11 is 0. The van der Waals surface area contributed by atoms with E-state index in [1.54, 1.807) is 6.92 Å². The van der Waals surface area contributed by atoms with Crippen molar-refractivity contribution >= 4 is 17.3 Å². The van der Waals surface area contributed by atoms with E-state index in [2.05, 4.69) is 10.5 Å². The number of hydrogen-bond acceptors (Lipinski definition) is 3. The average Bonchev–Trinajstić information content (AvgIpc) is 2.19. The summed E-state index contributed by atoms with van der Waals surface area (Å²) in [6.45, 7) is 2.86. The van der Waals surface area contributed by atoms with Crippen molar-refractivity contribution in [2.24, 2.45) is 5.16 Å². The molecule has 15 heavy (non-hydrogen) atoms. The number of amides is 1. The third kappa shape index (κ3) is 2.77. The molecule has 0 heterocycles. The van der Waals surface area contributed by atoms with Crippen molar-refractivity contribution in [3.05, 3.63) is 29.6 Å². The first-order valence-corrected chi connectivity index (χ1v) is 4.30. The van der Waals surface area contributed by atoms with Gasteiger partial charge in [-0.15, -0.1) is 0 Å². The fourth-order valence-electron chi connectivity index (χ4n) is 1.09. The van der Waals surface area contributed by atoms with Gasteiger partial charge in [-0.3, -0.25) is 4.79 Å². The molecule has 0 aromatic heterocycles. The zero-order chi connectivity index (χ0) is 11.4. The van der Waals surface area contributed by atoms with E-state index in [1.165, 1.54) is 25.1 Å². The van der Waals surface area contributed by atoms with Crippen molar-refractivity contribution in [1.29, 1.82) is 0 Å². The monoisotopic (exact) mass is 210 g/mol. The Hall–Kier alpha value is -1.91. The number of anilines is 1. The molecule has 1 rings (SSSR count). The van der Waals surface area contributed by atoms with Crippen LogP contribution in [0.15, 0.2) is 23.4 Å². The Morgan fingerprint density at radius 1 is 1.47 bits per heavy atom. The summed E-state index contributed by atoms with van der Waals surface area (Å²) in [6, 6.07) is 4.08. The van der Waals surface area contributed by atoms with Crippen LogP contribution in [-0.4, -0.2) is 16.8 Å². The van der Waals surface area contributed by atoms with Crippen LogP contribution < -0.4 is 5.32 Å². The molecular weight excluding hydrogens is 199 g/mol. The van der Waals surface area contributed by atoms with Gasteiger partial charge in [-0.25, -0.2) is 4.39 Å². The average molecular weight is 210 g/mol. The molecule has 2 N–H and O–H groups in total. The number of benzene rings is 1. The molecular formula is C10H11FN2O2. The second kappa shape index (κ2) is 4.54. The van der Waals surface area contributed by atoms with Crippen molar-refractivity contribution in [3.63, 3.8) is 0 Å². The number of carbonyl (C=O) groups excluding carboxylic acids is 1. The molecule has 1 amide bonds. The van der Waals surface area contributed by atoms with Crippen LogP contribution in [0.1, 0.15) is 19.4 Å². The number of carbonyl (C=O) groups is 1. The van der Waals surface area contributed by atoms with Crippen LogP contribution in [0.4, 0.5) is 10.1 Å². The molecule has 1 aromatic rings. The van der Waals surface area contributed by atoms with Gasteiger partial charge in [0.25, 0.3) is 0 Å². The molecule has 0 radical (unpaired) electrons. The van der Waals surface area contributed by atoms with Gasteiger partial charge in [0.05, 0.1) is 11.4 Å². The summed E-state index contributed by atoms with van der Waals surface area (Å²) in [7, 11) is 0. The third-order valence-electron chi connectivity index (χ3n) is 1.84. The highest BCUT2D eigenvalue weighted by Gasteiger charge is 2.06. The molecule has 1 aromatic carbocycles. The summed E-state index contributed by atoms with van der Waals surface area (Å²) in [5.41, 5.74) is 0.965. The second-order valence-corrected chi connectivity index (χ2v) is 3.06. The van der Waals surface area contributed by atoms with E-state index in [9.17, 15) is 9.18 Å². The van der Waals surface area contributed by atoms with Crippen molar-refractivity contribution in [3.8, 4) is 0 Å². The lowest BCUT2D eigenvalue weighted by atomic mass is 10.1. The summed E-state index contributed by atoms with van der Waals surface area (Å²) in [5, 5.41) is 13.9. The predicted octanol–water partition coefficient (Wildman–Crippen LogP) is 1.98. The van der Waals surface area contributed by atoms with E-state index in [-0.39, 0.29) is 11.6 Å². The Labute approximate surface area is 86.4 Å². The highest BCUT2D eigenvalue weighted by molar-refractivity contribution is 6.00. The number of nitrogens with one attached hydrogen (secondary N) is 1. The molecule has 5 heteroatoms. The molecule has 4 nitrogen and oxygen atoms in total. The number of rotatable bonds is 2. The number of halogens is 1. The summed E-state index contributed by atoms with van der Waals surface area (Å²) in [6.07, 6.45) is 0. The maximum Gasteiger partial charge on any atom is 0.221 e. The maximum atomic E-state index is 13.2. The van der Waals surface area contributed by atoms with Gasteiger partial charge in [-0.05, 0) is 25.1 Å². The lowest BCUT2D eigenvalue weighted by Gasteiger charge is -2.06. The van der Waals surface area contributed by atoms with Gasteiger partial charge in [0.15, 0.2) is 0 Å². The molecule has 0 atom stereocenters. The van der Waals surface area contributed by atoms with Crippen molar-refractivity contribution < 1.29 is 14.4 Å². The van der Waals surface area contributed by atoms with Crippen molar-refractivity contribution in [1.82, 2.24) is 0 Å². The standard InChI is InChI=1S/C10H11FN2O2/c1-6(13-15)8-3-4-9(11)10(5-8)12-7(2)14/h3-5,15H,1-2H3,(H,12,14). The maximum absolute atomic E-state index is 13.2. The largest absolute Gasteiger partial charge is 0.411 e. The molecule has 80 valence electrons. The highest BCUT2D eigenvalue weighted by atomic mass is 19.1. The summed E-state index contributed by atoms with van der Waals surface area (Å²) in [4.78, 5) is 10.8. The molecule has 0 bridgehead atoms. The zero-order valence-corrected chi connectivity index (χ0v) is 8.41. The van der Waals surface area contributed by atoms with E-state index in [0.717, 1.165) is 0 Å². The molecule has 0 aliphatic heterocycles. The molecule has 0 aliphatic rings. The molecule has 0 aliphatic carbocycles. The topological polar surface area (TPSA) is 61.7 Å². The smallest absolute Gasteiger partial charge is 0.221 e. The zero-order valence-electron chi connectivity index (χ0n) is 8.41. The van der Waals surface area contributed by atoms with Gasteiger partial charge in [-0.1, -0.05) is 5.16 Å². The summed E-state index contributed by atoms with van der Waals surface area (Å²) in [5.74, 6) is -0.885. The first-order valence-electron chi connectivity index (χ1n) is 4.30. The Bertz CT molecular complexity index is 416. The summed E-state index contributed by atoms with van der Waals surface area (Å²) < 4.78 is 13.2. The SMILES string of the molecule is CC(=O)Nc1cc(C(C)=NO)ccc1F. The highest BCUT2D eigenvalue weighted by Crippen LogP contribution is 2.16. The molecule has 0 unspecified atom stereocenters. The van der Waals surface area contributed by atoms with Gasteiger partial charge in [-0.2, -0.15) is 0 Å². The lowest BCUT2D eigenvalue weighted by Crippen LogP contribution is -2.08. The Balaban J connectivity index is 3.10. The normalized spacial score (nSPS) is 11.3. The van der Waals surface area contributed by atoms with Gasteiger partial charge in [0.1, 0.15) is 5.82 Å². The van der Waals surface area contributed by atoms with E-state index in [1.807, 2.05) is 0 Å². The Kier molecular flexibility index (Phi) is 3.38. The van der Waals surface area contributed by atoms with Crippen LogP contribution in [0.3, 0.4) is 0 Å². The number of oxime groups is 1. The predicted molar refractivity (Wildman–Crippen MR) is 54.7 cm³/mol. The van der Waals surface area contributed by atoms with Gasteiger partial charge in [0.2, 0.25) is 5.91 Å². The third-order valence-corrected chi connectivity index (χ3v) is 1.84. The molecule has 0 fully saturated rings. The van der Waals surface area contributed by atoms with Crippen LogP contribution in [0.2, 0.25) is 0 Å². The van der Waals surface area contributed by atoms with E-state index in [0.29, 0.717) is 11.3 Å². The fraction of sp³-hybridized carbons (Fsp3) is 0.200. The van der Waals surface area contributed by atoms with Crippen LogP contribution in [0.25, 0.3) is 0 Å². The minimum Gasteiger partial charge on any atom is -0.411 e. The Morgan fingerprint density at radius 2 is 2.13 bits per heavy atom. The van der Waals surface area contributed by atoms with Crippen LogP contribution in [-0.2, 0) is 4.79 Å². The van der Waals surface area contributed by atoms with E-state index < -0.39 is 5.82 Å². The minimum atomic E-state index is -0.528. The van der Waals surface area contributed by atoms with Crippen LogP contribution in [0, 0.1) is 5.82 Å². The van der Waals surface area contributed by atoms with Crippen LogP contribution in [0.5, 0.6) is 0 Å². The Morgan fingerprint density at radius 3 is 2.67 bits per heavy atom. The first kappa shape index (κ1) is 11.2. The van der Waals surface area contributed by atoms with Gasteiger partial charge < -0.3 is 10.5 Å². The van der Waals surface area contributed by atoms with Crippen LogP contribution >= 0.6 is 0 Å². The van der Waals surface area contributed by atoms with E-state index >= 15 is 0 Å². The molecule has 0 spiro atoms. The van der Waals surface area contributed by atoms with Crippen molar-refractivity contribution in [2.45, 2.75) is 13.8 Å². The number of hydrogen-bond donors (Lipinski definition) is 2. The van der Waals surface area contributed by atoms with Gasteiger partial charge >= 0.3 is 0 Å². The lowest BCUT2D eigenvalue weighted by molar-refractivity contribution is -0.114. The second-order valence-electron chi connectivity index (χ2n) is 3.06. The first-order chi connectivity index (χ1) is 7.04. The quantitative estimate of drug-likeness (QED) is 0.445. The van der Waals surface area contributed by atoms with Crippen molar-refractivity contribution in [2.75, 3.05) is 5.32 Å².